The Morgan fingerprint density at radius 3 is 2.71 bits per heavy atom. The maximum absolute atomic E-state index is 12.3. The zero-order valence-corrected chi connectivity index (χ0v) is 16.2. The fourth-order valence-electron chi connectivity index (χ4n) is 3.81. The number of rotatable bonds is 6. The van der Waals surface area contributed by atoms with Crippen LogP contribution in [0, 0.1) is 12.8 Å². The second kappa shape index (κ2) is 8.42. The van der Waals surface area contributed by atoms with Gasteiger partial charge in [0.15, 0.2) is 0 Å². The number of hydrogen-bond acceptors (Lipinski definition) is 4. The maximum Gasteiger partial charge on any atom is 0.226 e. The van der Waals surface area contributed by atoms with Crippen molar-refractivity contribution in [3.63, 3.8) is 0 Å². The van der Waals surface area contributed by atoms with Crippen LogP contribution in [-0.2, 0) is 11.3 Å². The summed E-state index contributed by atoms with van der Waals surface area (Å²) < 4.78 is 7.65. The molecular formula is C22H26N4O2. The lowest BCUT2D eigenvalue weighted by molar-refractivity contribution is -0.117. The van der Waals surface area contributed by atoms with E-state index in [1.165, 1.54) is 32.1 Å². The highest BCUT2D eigenvalue weighted by Gasteiger charge is 2.17. The molecule has 1 aliphatic carbocycles. The van der Waals surface area contributed by atoms with E-state index in [0.29, 0.717) is 24.8 Å². The van der Waals surface area contributed by atoms with E-state index in [1.54, 1.807) is 6.20 Å². The number of hydrogen-bond donors (Lipinski definition) is 1. The first-order valence-electron chi connectivity index (χ1n) is 10.0. The van der Waals surface area contributed by atoms with Crippen molar-refractivity contribution in [1.82, 2.24) is 14.8 Å². The molecule has 1 amide bonds. The molecule has 0 atom stereocenters. The Kier molecular flexibility index (Phi) is 5.55. The highest BCUT2D eigenvalue weighted by atomic mass is 16.4. The third kappa shape index (κ3) is 4.50. The highest BCUT2D eigenvalue weighted by Crippen LogP contribution is 2.27. The molecule has 4 rings (SSSR count). The third-order valence-corrected chi connectivity index (χ3v) is 5.38. The number of benzene rings is 1. The van der Waals surface area contributed by atoms with Gasteiger partial charge in [-0.1, -0.05) is 19.3 Å². The summed E-state index contributed by atoms with van der Waals surface area (Å²) in [6, 6.07) is 9.55. The molecule has 1 N–H and O–H groups in total. The predicted octanol–water partition coefficient (Wildman–Crippen LogP) is 4.80. The molecule has 1 aliphatic rings. The van der Waals surface area contributed by atoms with Gasteiger partial charge in [-0.05, 0) is 56.0 Å². The molecule has 2 heterocycles. The molecule has 3 aromatic rings. The number of anilines is 1. The zero-order valence-electron chi connectivity index (χ0n) is 16.2. The van der Waals surface area contributed by atoms with Crippen LogP contribution < -0.4 is 5.32 Å². The van der Waals surface area contributed by atoms with Crippen LogP contribution in [0.3, 0.4) is 0 Å². The molecule has 6 heteroatoms. The lowest BCUT2D eigenvalue weighted by Crippen LogP contribution is -2.18. The van der Waals surface area contributed by atoms with Crippen molar-refractivity contribution in [2.24, 2.45) is 5.92 Å². The van der Waals surface area contributed by atoms with Crippen molar-refractivity contribution in [1.29, 1.82) is 0 Å². The van der Waals surface area contributed by atoms with Crippen molar-refractivity contribution in [3.05, 3.63) is 54.2 Å². The summed E-state index contributed by atoms with van der Waals surface area (Å²) in [6.07, 6.45) is 10.4. The first-order valence-corrected chi connectivity index (χ1v) is 10.0. The summed E-state index contributed by atoms with van der Waals surface area (Å²) in [7, 11) is 0. The molecular weight excluding hydrogens is 352 g/mol. The molecule has 1 fully saturated rings. The van der Waals surface area contributed by atoms with E-state index < -0.39 is 0 Å². The van der Waals surface area contributed by atoms with Crippen LogP contribution in [0.25, 0.3) is 11.5 Å². The van der Waals surface area contributed by atoms with Crippen molar-refractivity contribution < 1.29 is 9.21 Å². The second-order valence-electron chi connectivity index (χ2n) is 7.56. The number of carbonyl (C=O) groups is 1. The number of carbonyl (C=O) groups excluding carboxylic acids is 1. The Balaban J connectivity index is 1.38. The van der Waals surface area contributed by atoms with Crippen LogP contribution in [-0.4, -0.2) is 20.7 Å². The predicted molar refractivity (Wildman–Crippen MR) is 108 cm³/mol. The minimum Gasteiger partial charge on any atom is -0.441 e. The van der Waals surface area contributed by atoms with Gasteiger partial charge in [0.1, 0.15) is 11.5 Å². The second-order valence-corrected chi connectivity index (χ2v) is 7.56. The Morgan fingerprint density at radius 1 is 1.21 bits per heavy atom. The topological polar surface area (TPSA) is 73.0 Å². The average Bonchev–Trinajstić information content (AvgIpc) is 3.34. The summed E-state index contributed by atoms with van der Waals surface area (Å²) in [5.74, 6) is 2.01. The van der Waals surface area contributed by atoms with Gasteiger partial charge in [0.25, 0.3) is 0 Å². The van der Waals surface area contributed by atoms with Crippen molar-refractivity contribution in [2.45, 2.75) is 52.0 Å². The lowest BCUT2D eigenvalue weighted by atomic mass is 9.87. The van der Waals surface area contributed by atoms with Gasteiger partial charge >= 0.3 is 0 Å². The van der Waals surface area contributed by atoms with Crippen LogP contribution in [0.15, 0.2) is 47.1 Å². The molecule has 0 unspecified atom stereocenters. The fraction of sp³-hybridized carbons (Fsp3) is 0.409. The van der Waals surface area contributed by atoms with Crippen molar-refractivity contribution in [3.8, 4) is 11.5 Å². The van der Waals surface area contributed by atoms with Crippen LogP contribution in [0.1, 0.15) is 50.0 Å². The number of nitrogens with one attached hydrogen (secondary N) is 1. The molecule has 0 aliphatic heterocycles. The molecule has 0 bridgehead atoms. The molecule has 146 valence electrons. The van der Waals surface area contributed by atoms with Gasteiger partial charge in [0.05, 0.1) is 6.54 Å². The summed E-state index contributed by atoms with van der Waals surface area (Å²) in [5.41, 5.74) is 2.56. The summed E-state index contributed by atoms with van der Waals surface area (Å²) in [4.78, 5) is 16.9. The van der Waals surface area contributed by atoms with Gasteiger partial charge in [-0.25, -0.2) is 4.98 Å². The highest BCUT2D eigenvalue weighted by molar-refractivity contribution is 5.91. The number of aryl methyl sites for hydroxylation is 1. The van der Waals surface area contributed by atoms with Crippen LogP contribution in [0.5, 0.6) is 0 Å². The summed E-state index contributed by atoms with van der Waals surface area (Å²) >= 11 is 0. The number of nitrogens with zero attached hydrogens (tertiary/aromatic N) is 3. The van der Waals surface area contributed by atoms with Crippen LogP contribution >= 0.6 is 0 Å². The fourth-order valence-corrected chi connectivity index (χ4v) is 3.81. The molecule has 1 aromatic carbocycles. The molecule has 0 radical (unpaired) electrons. The molecule has 2 aromatic heterocycles. The van der Waals surface area contributed by atoms with Gasteiger partial charge in [0, 0.05) is 30.1 Å². The SMILES string of the molecule is Cc1oc(-c2ccc(NC(=O)CC3CCCCC3)cc2)nc1Cn1cccn1. The van der Waals surface area contributed by atoms with Gasteiger partial charge in [-0.2, -0.15) is 5.10 Å². The number of aromatic nitrogens is 3. The largest absolute Gasteiger partial charge is 0.441 e. The minimum atomic E-state index is 0.105. The lowest BCUT2D eigenvalue weighted by Gasteiger charge is -2.20. The van der Waals surface area contributed by atoms with Crippen LogP contribution in [0.2, 0.25) is 0 Å². The van der Waals surface area contributed by atoms with E-state index in [0.717, 1.165) is 22.7 Å². The van der Waals surface area contributed by atoms with E-state index in [1.807, 2.05) is 48.1 Å². The standard InChI is InChI=1S/C22H26N4O2/c1-16-20(15-26-13-5-12-23-26)25-22(28-16)18-8-10-19(11-9-18)24-21(27)14-17-6-3-2-4-7-17/h5,8-13,17H,2-4,6-7,14-15H2,1H3,(H,24,27). The van der Waals surface area contributed by atoms with Gasteiger partial charge in [-0.15, -0.1) is 0 Å². The average molecular weight is 378 g/mol. The summed E-state index contributed by atoms with van der Waals surface area (Å²) in [6.45, 7) is 2.49. The first-order chi connectivity index (χ1) is 13.7. The van der Waals surface area contributed by atoms with Gasteiger partial charge in [0.2, 0.25) is 11.8 Å². The molecule has 0 spiro atoms. The van der Waals surface area contributed by atoms with Crippen molar-refractivity contribution in [2.75, 3.05) is 5.32 Å². The van der Waals surface area contributed by atoms with E-state index in [2.05, 4.69) is 15.4 Å². The summed E-state index contributed by atoms with van der Waals surface area (Å²) in [5, 5.41) is 7.22. The molecule has 1 saturated carbocycles. The first kappa shape index (κ1) is 18.5. The third-order valence-electron chi connectivity index (χ3n) is 5.38. The zero-order chi connectivity index (χ0) is 19.3. The smallest absolute Gasteiger partial charge is 0.226 e. The Hall–Kier alpha value is -2.89. The van der Waals surface area contributed by atoms with E-state index >= 15 is 0 Å². The van der Waals surface area contributed by atoms with Gasteiger partial charge in [-0.3, -0.25) is 9.48 Å². The Bertz CT molecular complexity index is 907. The van der Waals surface area contributed by atoms with E-state index in [4.69, 9.17) is 4.42 Å². The van der Waals surface area contributed by atoms with Crippen LogP contribution in [0.4, 0.5) is 5.69 Å². The molecule has 28 heavy (non-hydrogen) atoms. The van der Waals surface area contributed by atoms with Gasteiger partial charge < -0.3 is 9.73 Å². The number of amides is 1. The number of oxazole rings is 1. The van der Waals surface area contributed by atoms with Crippen molar-refractivity contribution >= 4 is 11.6 Å². The Morgan fingerprint density at radius 2 is 2.00 bits per heavy atom. The van der Waals surface area contributed by atoms with E-state index in [-0.39, 0.29) is 5.91 Å². The van der Waals surface area contributed by atoms with E-state index in [9.17, 15) is 4.79 Å². The monoisotopic (exact) mass is 378 g/mol. The normalized spacial score (nSPS) is 14.9. The maximum atomic E-state index is 12.3. The quantitative estimate of drug-likeness (QED) is 0.668. The minimum absolute atomic E-state index is 0.105. The molecule has 6 nitrogen and oxygen atoms in total. The molecule has 0 saturated heterocycles. The Labute approximate surface area is 165 Å².